The van der Waals surface area contributed by atoms with E-state index in [1.807, 2.05) is 42.5 Å². The van der Waals surface area contributed by atoms with Crippen LogP contribution in [0.2, 0.25) is 0 Å². The fraction of sp³-hybridized carbons (Fsp3) is 0.250. The smallest absolute Gasteiger partial charge is 0.222 e. The van der Waals surface area contributed by atoms with Gasteiger partial charge in [-0.15, -0.1) is 0 Å². The lowest BCUT2D eigenvalue weighted by atomic mass is 10.1. The number of carbonyl (C=O) groups excluding carboxylic acids is 1. The van der Waals surface area contributed by atoms with Gasteiger partial charge in [0.15, 0.2) is 0 Å². The van der Waals surface area contributed by atoms with E-state index in [0.29, 0.717) is 25.1 Å². The monoisotopic (exact) mass is 351 g/mol. The molecule has 1 N–H and O–H groups in total. The maximum absolute atomic E-state index is 12.2. The van der Waals surface area contributed by atoms with Gasteiger partial charge in [-0.2, -0.15) is 5.10 Å². The second-order valence-electron chi connectivity index (χ2n) is 6.03. The zero-order chi connectivity index (χ0) is 18.4. The molecule has 1 heterocycles. The number of fused-ring (bicyclic) bond motifs is 1. The molecular weight excluding hydrogens is 330 g/mol. The maximum atomic E-state index is 12.2. The lowest BCUT2D eigenvalue weighted by molar-refractivity contribution is -0.121. The summed E-state index contributed by atoms with van der Waals surface area (Å²) in [4.78, 5) is 24.0. The van der Waals surface area contributed by atoms with E-state index in [1.54, 1.807) is 17.9 Å². The van der Waals surface area contributed by atoms with Crippen molar-refractivity contribution in [1.29, 1.82) is 0 Å². The van der Waals surface area contributed by atoms with Crippen LogP contribution < -0.4 is 10.7 Å². The van der Waals surface area contributed by atoms with E-state index in [0.717, 1.165) is 16.6 Å². The minimum Gasteiger partial charge on any atom is -0.380 e. The van der Waals surface area contributed by atoms with Crippen LogP contribution in [0.5, 0.6) is 0 Å². The minimum atomic E-state index is -0.114. The summed E-state index contributed by atoms with van der Waals surface area (Å²) in [5, 5.41) is 7.66. The van der Waals surface area contributed by atoms with E-state index in [1.165, 1.54) is 6.20 Å². The van der Waals surface area contributed by atoms with Gasteiger partial charge in [0.05, 0.1) is 24.9 Å². The van der Waals surface area contributed by atoms with E-state index in [-0.39, 0.29) is 17.8 Å². The molecular formula is C20H21N3O3. The van der Waals surface area contributed by atoms with Crippen molar-refractivity contribution in [3.63, 3.8) is 0 Å². The Balaban J connectivity index is 1.59. The summed E-state index contributed by atoms with van der Waals surface area (Å²) in [6, 6.07) is 15.2. The van der Waals surface area contributed by atoms with Gasteiger partial charge in [0, 0.05) is 25.5 Å². The summed E-state index contributed by atoms with van der Waals surface area (Å²) in [7, 11) is 1.66. The van der Waals surface area contributed by atoms with Gasteiger partial charge in [0.25, 0.3) is 0 Å². The standard InChI is InChI=1S/C20H21N3O3/c1-26-14-16-6-4-5-15(11-16)12-21-20(25)9-10-23-18-8-3-2-7-17(18)19(24)13-22-23/h2-8,11,13H,9-10,12,14H2,1H3,(H,21,25). The van der Waals surface area contributed by atoms with Crippen LogP contribution in [0.15, 0.2) is 59.5 Å². The molecule has 1 aromatic heterocycles. The molecule has 0 radical (unpaired) electrons. The number of amides is 1. The third kappa shape index (κ3) is 4.34. The Labute approximate surface area is 151 Å². The number of hydrogen-bond acceptors (Lipinski definition) is 4. The van der Waals surface area contributed by atoms with Crippen LogP contribution in [0.1, 0.15) is 17.5 Å². The van der Waals surface area contributed by atoms with Crippen molar-refractivity contribution in [2.24, 2.45) is 0 Å². The molecule has 0 bridgehead atoms. The first-order chi connectivity index (χ1) is 12.7. The molecule has 134 valence electrons. The van der Waals surface area contributed by atoms with Crippen molar-refractivity contribution in [3.05, 3.63) is 76.1 Å². The van der Waals surface area contributed by atoms with Gasteiger partial charge in [0.2, 0.25) is 11.3 Å². The minimum absolute atomic E-state index is 0.0632. The topological polar surface area (TPSA) is 73.2 Å². The molecule has 0 spiro atoms. The van der Waals surface area contributed by atoms with E-state index in [9.17, 15) is 9.59 Å². The number of para-hydroxylation sites is 1. The number of methoxy groups -OCH3 is 1. The first-order valence-corrected chi connectivity index (χ1v) is 8.45. The lowest BCUT2D eigenvalue weighted by Gasteiger charge is -2.10. The Morgan fingerprint density at radius 2 is 1.96 bits per heavy atom. The van der Waals surface area contributed by atoms with Crippen molar-refractivity contribution in [2.75, 3.05) is 7.11 Å². The van der Waals surface area contributed by atoms with Gasteiger partial charge in [-0.25, -0.2) is 0 Å². The maximum Gasteiger partial charge on any atom is 0.222 e. The second-order valence-corrected chi connectivity index (χ2v) is 6.03. The van der Waals surface area contributed by atoms with Crippen LogP contribution in [0.4, 0.5) is 0 Å². The van der Waals surface area contributed by atoms with E-state index in [4.69, 9.17) is 4.74 Å². The van der Waals surface area contributed by atoms with Crippen LogP contribution in [-0.4, -0.2) is 22.8 Å². The van der Waals surface area contributed by atoms with Crippen molar-refractivity contribution in [2.45, 2.75) is 26.1 Å². The molecule has 0 aliphatic carbocycles. The number of aromatic nitrogens is 2. The zero-order valence-electron chi connectivity index (χ0n) is 14.6. The molecule has 3 aromatic rings. The molecule has 1 amide bonds. The van der Waals surface area contributed by atoms with Gasteiger partial charge < -0.3 is 10.1 Å². The first kappa shape index (κ1) is 17.8. The summed E-state index contributed by atoms with van der Waals surface area (Å²) in [5.41, 5.74) is 2.72. The third-order valence-electron chi connectivity index (χ3n) is 4.10. The molecule has 0 fully saturated rings. The predicted octanol–water partition coefficient (Wildman–Crippen LogP) is 2.25. The molecule has 2 aromatic carbocycles. The van der Waals surface area contributed by atoms with Gasteiger partial charge in [-0.1, -0.05) is 36.4 Å². The summed E-state index contributed by atoms with van der Waals surface area (Å²) in [5.74, 6) is -0.0632. The number of aryl methyl sites for hydroxylation is 1. The Bertz CT molecular complexity index is 966. The average Bonchev–Trinajstić information content (AvgIpc) is 2.67. The number of hydrogen-bond donors (Lipinski definition) is 1. The Morgan fingerprint density at radius 1 is 1.15 bits per heavy atom. The van der Waals surface area contributed by atoms with E-state index in [2.05, 4.69) is 10.4 Å². The van der Waals surface area contributed by atoms with E-state index < -0.39 is 0 Å². The summed E-state index contributed by atoms with van der Waals surface area (Å²) in [6.45, 7) is 1.43. The number of rotatable bonds is 7. The van der Waals surface area contributed by atoms with Crippen LogP contribution in [0.3, 0.4) is 0 Å². The Kier molecular flexibility index (Phi) is 5.76. The normalized spacial score (nSPS) is 10.8. The largest absolute Gasteiger partial charge is 0.380 e. The quantitative estimate of drug-likeness (QED) is 0.709. The van der Waals surface area contributed by atoms with Gasteiger partial charge in [-0.3, -0.25) is 14.3 Å². The van der Waals surface area contributed by atoms with Crippen LogP contribution in [0.25, 0.3) is 10.9 Å². The number of nitrogens with zero attached hydrogens (tertiary/aromatic N) is 2. The highest BCUT2D eigenvalue weighted by Crippen LogP contribution is 2.09. The molecule has 0 aliphatic heterocycles. The summed E-state index contributed by atoms with van der Waals surface area (Å²) < 4.78 is 6.81. The third-order valence-corrected chi connectivity index (χ3v) is 4.10. The van der Waals surface area contributed by atoms with E-state index >= 15 is 0 Å². The number of carbonyl (C=O) groups is 1. The summed E-state index contributed by atoms with van der Waals surface area (Å²) in [6.07, 6.45) is 1.58. The number of nitrogens with one attached hydrogen (secondary N) is 1. The van der Waals surface area contributed by atoms with Crippen molar-refractivity contribution in [3.8, 4) is 0 Å². The fourth-order valence-electron chi connectivity index (χ4n) is 2.83. The van der Waals surface area contributed by atoms with Gasteiger partial charge in [0.1, 0.15) is 0 Å². The molecule has 26 heavy (non-hydrogen) atoms. The lowest BCUT2D eigenvalue weighted by Crippen LogP contribution is -2.24. The Morgan fingerprint density at radius 3 is 2.81 bits per heavy atom. The van der Waals surface area contributed by atoms with Crippen LogP contribution >= 0.6 is 0 Å². The molecule has 0 saturated heterocycles. The highest BCUT2D eigenvalue weighted by Gasteiger charge is 2.06. The van der Waals surface area contributed by atoms with Crippen molar-refractivity contribution < 1.29 is 9.53 Å². The molecule has 0 atom stereocenters. The second kappa shape index (κ2) is 8.40. The molecule has 6 heteroatoms. The van der Waals surface area contributed by atoms with Crippen LogP contribution in [0, 0.1) is 0 Å². The fourth-order valence-corrected chi connectivity index (χ4v) is 2.83. The summed E-state index contributed by atoms with van der Waals surface area (Å²) >= 11 is 0. The average molecular weight is 351 g/mol. The zero-order valence-corrected chi connectivity index (χ0v) is 14.6. The molecule has 6 nitrogen and oxygen atoms in total. The first-order valence-electron chi connectivity index (χ1n) is 8.45. The molecule has 0 saturated carbocycles. The number of benzene rings is 2. The SMILES string of the molecule is COCc1cccc(CNC(=O)CCn2ncc(=O)c3ccccc32)c1. The highest BCUT2D eigenvalue weighted by atomic mass is 16.5. The number of ether oxygens (including phenoxy) is 1. The van der Waals surface area contributed by atoms with Crippen molar-refractivity contribution >= 4 is 16.8 Å². The molecule has 0 unspecified atom stereocenters. The molecule has 0 aliphatic rings. The molecule has 3 rings (SSSR count). The van der Waals surface area contributed by atoms with Crippen molar-refractivity contribution in [1.82, 2.24) is 15.1 Å². The Hall–Kier alpha value is -2.99. The van der Waals surface area contributed by atoms with Gasteiger partial charge in [-0.05, 0) is 23.3 Å². The highest BCUT2D eigenvalue weighted by molar-refractivity contribution is 5.79. The predicted molar refractivity (Wildman–Crippen MR) is 99.6 cm³/mol. The van der Waals surface area contributed by atoms with Crippen LogP contribution in [-0.2, 0) is 29.2 Å². The van der Waals surface area contributed by atoms with Gasteiger partial charge >= 0.3 is 0 Å².